The first-order valence-corrected chi connectivity index (χ1v) is 11.3. The van der Waals surface area contributed by atoms with Gasteiger partial charge in [-0.1, -0.05) is 54.6 Å². The van der Waals surface area contributed by atoms with Crippen molar-refractivity contribution in [3.63, 3.8) is 0 Å². The van der Waals surface area contributed by atoms with E-state index in [2.05, 4.69) is 29.6 Å². The minimum atomic E-state index is -0.635. The Kier molecular flexibility index (Phi) is 6.42. The largest absolute Gasteiger partial charge is 0.368 e. The van der Waals surface area contributed by atoms with Gasteiger partial charge < -0.3 is 15.0 Å². The van der Waals surface area contributed by atoms with Gasteiger partial charge >= 0.3 is 0 Å². The summed E-state index contributed by atoms with van der Waals surface area (Å²) in [5.74, 6) is 0.0704. The van der Waals surface area contributed by atoms with Gasteiger partial charge in [0.1, 0.15) is 6.10 Å². The smallest absolute Gasteiger partial charge is 0.251 e. The summed E-state index contributed by atoms with van der Waals surface area (Å²) < 4.78 is 5.62. The van der Waals surface area contributed by atoms with E-state index in [1.54, 1.807) is 0 Å². The highest BCUT2D eigenvalue weighted by Crippen LogP contribution is 2.38. The number of hydrogen-bond donors (Lipinski definition) is 1. The number of rotatable bonds is 6. The van der Waals surface area contributed by atoms with Gasteiger partial charge in [0.25, 0.3) is 5.91 Å². The highest BCUT2D eigenvalue weighted by atomic mass is 16.5. The van der Waals surface area contributed by atoms with Crippen molar-refractivity contribution in [3.05, 3.63) is 60.2 Å². The topological polar surface area (TPSA) is 58.6 Å². The van der Waals surface area contributed by atoms with Gasteiger partial charge in [-0.3, -0.25) is 9.59 Å². The summed E-state index contributed by atoms with van der Waals surface area (Å²) in [6.45, 7) is 5.64. The third-order valence-electron chi connectivity index (χ3n) is 6.40. The fourth-order valence-corrected chi connectivity index (χ4v) is 4.80. The average molecular weight is 421 g/mol. The molecule has 2 aromatic carbocycles. The summed E-state index contributed by atoms with van der Waals surface area (Å²) >= 11 is 0. The van der Waals surface area contributed by atoms with Gasteiger partial charge in [0.05, 0.1) is 5.41 Å². The van der Waals surface area contributed by atoms with E-state index in [1.165, 1.54) is 0 Å². The molecule has 0 aliphatic carbocycles. The Morgan fingerprint density at radius 2 is 1.87 bits per heavy atom. The van der Waals surface area contributed by atoms with Crippen LogP contribution in [0.2, 0.25) is 0 Å². The zero-order chi connectivity index (χ0) is 21.8. The minimum Gasteiger partial charge on any atom is -0.368 e. The van der Waals surface area contributed by atoms with Crippen LogP contribution < -0.4 is 5.32 Å². The van der Waals surface area contributed by atoms with Crippen LogP contribution in [0.4, 0.5) is 0 Å². The van der Waals surface area contributed by atoms with E-state index in [-0.39, 0.29) is 24.0 Å². The standard InChI is InChI=1S/C26H32N2O3/c1-19(2)27-25(30)26(14-15-28(18-26)24(29)23-13-8-16-31-23)17-21-11-6-7-12-22(21)20-9-4-3-5-10-20/h3-7,9-12,19,23H,8,13-18H2,1-2H3,(H,27,30)/t23-,26-/m1/s1. The molecule has 31 heavy (non-hydrogen) atoms. The van der Waals surface area contributed by atoms with Crippen molar-refractivity contribution < 1.29 is 14.3 Å². The Morgan fingerprint density at radius 3 is 2.58 bits per heavy atom. The van der Waals surface area contributed by atoms with Crippen LogP contribution in [0.15, 0.2) is 54.6 Å². The third-order valence-corrected chi connectivity index (χ3v) is 6.40. The normalized spacial score (nSPS) is 23.3. The summed E-state index contributed by atoms with van der Waals surface area (Å²) in [6.07, 6.45) is 2.62. The number of nitrogens with zero attached hydrogens (tertiary/aromatic N) is 1. The summed E-state index contributed by atoms with van der Waals surface area (Å²) in [7, 11) is 0. The van der Waals surface area contributed by atoms with Gasteiger partial charge in [-0.05, 0) is 56.2 Å². The van der Waals surface area contributed by atoms with Crippen LogP contribution in [0.1, 0.15) is 38.7 Å². The summed E-state index contributed by atoms with van der Waals surface area (Å²) in [5, 5.41) is 3.13. The number of amides is 2. The highest BCUT2D eigenvalue weighted by Gasteiger charge is 2.47. The van der Waals surface area contributed by atoms with Gasteiger partial charge in [0.2, 0.25) is 5.91 Å². The molecule has 0 spiro atoms. The molecule has 4 rings (SSSR count). The molecule has 0 aromatic heterocycles. The van der Waals surface area contributed by atoms with Gasteiger partial charge in [-0.15, -0.1) is 0 Å². The van der Waals surface area contributed by atoms with Crippen molar-refractivity contribution >= 4 is 11.8 Å². The number of nitrogens with one attached hydrogen (secondary N) is 1. The number of hydrogen-bond acceptors (Lipinski definition) is 3. The molecule has 2 aliphatic rings. The zero-order valence-corrected chi connectivity index (χ0v) is 18.5. The molecule has 0 unspecified atom stereocenters. The number of likely N-dealkylation sites (tertiary alicyclic amines) is 1. The van der Waals surface area contributed by atoms with Crippen molar-refractivity contribution in [2.75, 3.05) is 19.7 Å². The lowest BCUT2D eigenvalue weighted by atomic mass is 9.78. The van der Waals surface area contributed by atoms with Crippen LogP contribution >= 0.6 is 0 Å². The van der Waals surface area contributed by atoms with Gasteiger partial charge in [0.15, 0.2) is 0 Å². The number of carbonyl (C=O) groups excluding carboxylic acids is 2. The quantitative estimate of drug-likeness (QED) is 0.773. The van der Waals surface area contributed by atoms with Crippen LogP contribution in [-0.2, 0) is 20.7 Å². The molecule has 2 saturated heterocycles. The zero-order valence-electron chi connectivity index (χ0n) is 18.5. The van der Waals surface area contributed by atoms with Gasteiger partial charge in [-0.2, -0.15) is 0 Å². The Balaban J connectivity index is 1.63. The van der Waals surface area contributed by atoms with Gasteiger partial charge in [-0.25, -0.2) is 0 Å². The molecule has 2 atom stereocenters. The lowest BCUT2D eigenvalue weighted by Gasteiger charge is -2.30. The molecule has 0 radical (unpaired) electrons. The van der Waals surface area contributed by atoms with Crippen molar-refractivity contribution in [1.29, 1.82) is 0 Å². The summed E-state index contributed by atoms with van der Waals surface area (Å²) in [6, 6.07) is 18.6. The van der Waals surface area contributed by atoms with Crippen LogP contribution in [0.25, 0.3) is 11.1 Å². The predicted molar refractivity (Wildman–Crippen MR) is 121 cm³/mol. The molecule has 2 aliphatic heterocycles. The van der Waals surface area contributed by atoms with Gasteiger partial charge in [0, 0.05) is 25.7 Å². The second-order valence-corrected chi connectivity index (χ2v) is 9.12. The van der Waals surface area contributed by atoms with Crippen LogP contribution in [0.5, 0.6) is 0 Å². The molecule has 5 nitrogen and oxygen atoms in total. The molecule has 0 bridgehead atoms. The van der Waals surface area contributed by atoms with Crippen molar-refractivity contribution in [2.45, 2.75) is 51.7 Å². The first kappa shape index (κ1) is 21.6. The maximum Gasteiger partial charge on any atom is 0.251 e. The fraction of sp³-hybridized carbons (Fsp3) is 0.462. The molecule has 5 heteroatoms. The number of carbonyl (C=O) groups is 2. The maximum absolute atomic E-state index is 13.4. The average Bonchev–Trinajstić information content (AvgIpc) is 3.45. The maximum atomic E-state index is 13.4. The van der Waals surface area contributed by atoms with Crippen LogP contribution in [0.3, 0.4) is 0 Å². The Hall–Kier alpha value is -2.66. The summed E-state index contributed by atoms with van der Waals surface area (Å²) in [5.41, 5.74) is 2.79. The molecule has 2 heterocycles. The predicted octanol–water partition coefficient (Wildman–Crippen LogP) is 3.82. The molecule has 2 aromatic rings. The SMILES string of the molecule is CC(C)NC(=O)[C@@]1(Cc2ccccc2-c2ccccc2)CCN(C(=O)[C@H]2CCCO2)C1. The molecule has 1 N–H and O–H groups in total. The fourth-order valence-electron chi connectivity index (χ4n) is 4.80. The Morgan fingerprint density at radius 1 is 1.13 bits per heavy atom. The van der Waals surface area contributed by atoms with E-state index in [4.69, 9.17) is 4.74 Å². The number of benzene rings is 2. The van der Waals surface area contributed by atoms with E-state index in [0.717, 1.165) is 29.5 Å². The minimum absolute atomic E-state index is 0.0352. The lowest BCUT2D eigenvalue weighted by molar-refractivity contribution is -0.141. The molecular formula is C26H32N2O3. The molecule has 2 amide bonds. The molecule has 0 saturated carbocycles. The molecule has 164 valence electrons. The second kappa shape index (κ2) is 9.23. The van der Waals surface area contributed by atoms with E-state index < -0.39 is 5.41 Å². The first-order valence-electron chi connectivity index (χ1n) is 11.3. The monoisotopic (exact) mass is 420 g/mol. The first-order chi connectivity index (χ1) is 15.0. The van der Waals surface area contributed by atoms with Crippen molar-refractivity contribution in [1.82, 2.24) is 10.2 Å². The van der Waals surface area contributed by atoms with E-state index in [9.17, 15) is 9.59 Å². The van der Waals surface area contributed by atoms with Crippen LogP contribution in [0, 0.1) is 5.41 Å². The van der Waals surface area contributed by atoms with E-state index in [1.807, 2.05) is 49.1 Å². The highest BCUT2D eigenvalue weighted by molar-refractivity contribution is 5.87. The van der Waals surface area contributed by atoms with Crippen molar-refractivity contribution in [3.8, 4) is 11.1 Å². The molecule has 2 fully saturated rings. The Bertz CT molecular complexity index is 921. The van der Waals surface area contributed by atoms with Crippen molar-refractivity contribution in [2.24, 2.45) is 5.41 Å². The Labute approximate surface area is 184 Å². The second-order valence-electron chi connectivity index (χ2n) is 9.12. The van der Waals surface area contributed by atoms with E-state index in [0.29, 0.717) is 32.5 Å². The lowest BCUT2D eigenvalue weighted by Crippen LogP contribution is -2.48. The number of ether oxygens (including phenoxy) is 1. The van der Waals surface area contributed by atoms with E-state index >= 15 is 0 Å². The van der Waals surface area contributed by atoms with Crippen LogP contribution in [-0.4, -0.2) is 48.6 Å². The molecular weight excluding hydrogens is 388 g/mol. The summed E-state index contributed by atoms with van der Waals surface area (Å²) in [4.78, 5) is 28.3. The third kappa shape index (κ3) is 4.67.